The third-order valence-corrected chi connectivity index (χ3v) is 4.91. The minimum absolute atomic E-state index is 0.273. The number of rotatable bonds is 5. The fourth-order valence-electron chi connectivity index (χ4n) is 2.13. The van der Waals surface area contributed by atoms with E-state index in [1.807, 2.05) is 11.4 Å². The Hall–Kier alpha value is -0.590. The maximum atomic E-state index is 10.6. The maximum absolute atomic E-state index is 10.6. The molecule has 1 aromatic heterocycles. The SMILES string of the molecule is COc1ccc(Cl)cc1C(CN)C(O)c1csc(Br)c1. The van der Waals surface area contributed by atoms with Crippen LogP contribution in [0.4, 0.5) is 0 Å². The lowest BCUT2D eigenvalue weighted by Crippen LogP contribution is -2.20. The summed E-state index contributed by atoms with van der Waals surface area (Å²) in [6.45, 7) is 0.297. The van der Waals surface area contributed by atoms with E-state index in [-0.39, 0.29) is 5.92 Å². The summed E-state index contributed by atoms with van der Waals surface area (Å²) in [5.41, 5.74) is 7.51. The fraction of sp³-hybridized carbons (Fsp3) is 0.286. The fourth-order valence-corrected chi connectivity index (χ4v) is 3.52. The van der Waals surface area contributed by atoms with Gasteiger partial charge < -0.3 is 15.6 Å². The highest BCUT2D eigenvalue weighted by Crippen LogP contribution is 2.38. The molecule has 0 bridgehead atoms. The van der Waals surface area contributed by atoms with Crippen LogP contribution in [0.15, 0.2) is 33.4 Å². The number of methoxy groups -OCH3 is 1. The van der Waals surface area contributed by atoms with Crippen molar-refractivity contribution in [1.82, 2.24) is 0 Å². The normalized spacial score (nSPS) is 14.1. The number of nitrogens with two attached hydrogens (primary N) is 1. The molecule has 2 unspecified atom stereocenters. The van der Waals surface area contributed by atoms with Crippen LogP contribution >= 0.6 is 38.9 Å². The predicted octanol–water partition coefficient (Wildman–Crippen LogP) is 3.95. The first-order chi connectivity index (χ1) is 9.56. The van der Waals surface area contributed by atoms with E-state index >= 15 is 0 Å². The lowest BCUT2D eigenvalue weighted by Gasteiger charge is -2.23. The van der Waals surface area contributed by atoms with Crippen LogP contribution in [0.1, 0.15) is 23.1 Å². The van der Waals surface area contributed by atoms with Crippen molar-refractivity contribution in [2.45, 2.75) is 12.0 Å². The zero-order valence-corrected chi connectivity index (χ0v) is 14.0. The Labute approximate surface area is 135 Å². The number of aliphatic hydroxyl groups is 1. The molecule has 0 saturated carbocycles. The van der Waals surface area contributed by atoms with Crippen molar-refractivity contribution in [2.24, 2.45) is 5.73 Å². The lowest BCUT2D eigenvalue weighted by atomic mass is 9.89. The van der Waals surface area contributed by atoms with Gasteiger partial charge in [0.15, 0.2) is 0 Å². The van der Waals surface area contributed by atoms with E-state index in [1.54, 1.807) is 25.3 Å². The molecule has 0 aliphatic rings. The van der Waals surface area contributed by atoms with Gasteiger partial charge in [-0.05, 0) is 51.1 Å². The number of hydrogen-bond acceptors (Lipinski definition) is 4. The molecule has 6 heteroatoms. The average Bonchev–Trinajstić information content (AvgIpc) is 2.86. The highest BCUT2D eigenvalue weighted by molar-refractivity contribution is 9.11. The van der Waals surface area contributed by atoms with Gasteiger partial charge >= 0.3 is 0 Å². The summed E-state index contributed by atoms with van der Waals surface area (Å²) in [6.07, 6.45) is -0.699. The van der Waals surface area contributed by atoms with Crippen molar-refractivity contribution in [1.29, 1.82) is 0 Å². The first-order valence-electron chi connectivity index (χ1n) is 6.02. The second kappa shape index (κ2) is 6.91. The Morgan fingerprint density at radius 1 is 1.45 bits per heavy atom. The molecular weight excluding hydrogens is 362 g/mol. The van der Waals surface area contributed by atoms with Crippen molar-refractivity contribution in [3.05, 3.63) is 49.6 Å². The smallest absolute Gasteiger partial charge is 0.122 e. The molecule has 2 rings (SSSR count). The van der Waals surface area contributed by atoms with E-state index < -0.39 is 6.10 Å². The van der Waals surface area contributed by atoms with Crippen molar-refractivity contribution >= 4 is 38.9 Å². The molecule has 1 aromatic carbocycles. The number of halogens is 2. The summed E-state index contributed by atoms with van der Waals surface area (Å²) in [6, 6.07) is 7.24. The predicted molar refractivity (Wildman–Crippen MR) is 86.8 cm³/mol. The molecule has 2 atom stereocenters. The third-order valence-electron chi connectivity index (χ3n) is 3.16. The lowest BCUT2D eigenvalue weighted by molar-refractivity contribution is 0.146. The van der Waals surface area contributed by atoms with Crippen molar-refractivity contribution < 1.29 is 9.84 Å². The molecule has 0 saturated heterocycles. The topological polar surface area (TPSA) is 55.5 Å². The Balaban J connectivity index is 2.39. The molecule has 0 spiro atoms. The van der Waals surface area contributed by atoms with Crippen LogP contribution in [0.5, 0.6) is 5.75 Å². The van der Waals surface area contributed by atoms with Crippen molar-refractivity contribution in [3.63, 3.8) is 0 Å². The number of hydrogen-bond donors (Lipinski definition) is 2. The molecule has 3 N–H and O–H groups in total. The van der Waals surface area contributed by atoms with Crippen LogP contribution in [0.3, 0.4) is 0 Å². The van der Waals surface area contributed by atoms with Crippen molar-refractivity contribution in [3.8, 4) is 5.75 Å². The van der Waals surface area contributed by atoms with Gasteiger partial charge in [0.1, 0.15) is 5.75 Å². The van der Waals surface area contributed by atoms with Gasteiger partial charge in [0, 0.05) is 23.0 Å². The zero-order valence-electron chi connectivity index (χ0n) is 10.8. The summed E-state index contributed by atoms with van der Waals surface area (Å²) in [5.74, 6) is 0.406. The molecule has 0 aliphatic carbocycles. The first-order valence-corrected chi connectivity index (χ1v) is 8.07. The maximum Gasteiger partial charge on any atom is 0.122 e. The van der Waals surface area contributed by atoms with Gasteiger partial charge in [-0.2, -0.15) is 0 Å². The molecular formula is C14H15BrClNO2S. The van der Waals surface area contributed by atoms with Crippen LogP contribution in [0.25, 0.3) is 0 Å². The largest absolute Gasteiger partial charge is 0.496 e. The molecule has 0 aliphatic heterocycles. The summed E-state index contributed by atoms with van der Waals surface area (Å²) in [7, 11) is 1.59. The summed E-state index contributed by atoms with van der Waals surface area (Å²) in [5, 5.41) is 13.1. The van der Waals surface area contributed by atoms with Crippen LogP contribution in [-0.4, -0.2) is 18.8 Å². The Morgan fingerprint density at radius 2 is 2.20 bits per heavy atom. The van der Waals surface area contributed by atoms with Gasteiger partial charge in [0.05, 0.1) is 17.0 Å². The van der Waals surface area contributed by atoms with Crippen LogP contribution in [0.2, 0.25) is 5.02 Å². The van der Waals surface area contributed by atoms with Crippen LogP contribution < -0.4 is 10.5 Å². The summed E-state index contributed by atoms with van der Waals surface area (Å²) in [4.78, 5) is 0. The molecule has 2 aromatic rings. The number of thiophene rings is 1. The number of benzene rings is 1. The Kier molecular flexibility index (Phi) is 5.46. The quantitative estimate of drug-likeness (QED) is 0.831. The molecule has 20 heavy (non-hydrogen) atoms. The van der Waals surface area contributed by atoms with Gasteiger partial charge in [0.2, 0.25) is 0 Å². The summed E-state index contributed by atoms with van der Waals surface area (Å²) >= 11 is 11.0. The average molecular weight is 377 g/mol. The molecule has 3 nitrogen and oxygen atoms in total. The summed E-state index contributed by atoms with van der Waals surface area (Å²) < 4.78 is 6.31. The number of ether oxygens (including phenoxy) is 1. The zero-order chi connectivity index (χ0) is 14.7. The van der Waals surface area contributed by atoms with Gasteiger partial charge in [-0.15, -0.1) is 11.3 Å². The van der Waals surface area contributed by atoms with Crippen molar-refractivity contribution in [2.75, 3.05) is 13.7 Å². The minimum atomic E-state index is -0.699. The van der Waals surface area contributed by atoms with E-state index in [4.69, 9.17) is 22.1 Å². The van der Waals surface area contributed by atoms with E-state index in [1.165, 1.54) is 11.3 Å². The second-order valence-corrected chi connectivity index (χ2v) is 7.08. The molecule has 0 radical (unpaired) electrons. The van der Waals surface area contributed by atoms with Gasteiger partial charge in [-0.1, -0.05) is 11.6 Å². The van der Waals surface area contributed by atoms with E-state index in [0.29, 0.717) is 17.3 Å². The van der Waals surface area contributed by atoms with Crippen LogP contribution in [0, 0.1) is 0 Å². The Morgan fingerprint density at radius 3 is 2.75 bits per heavy atom. The standard InChI is InChI=1S/C14H15BrClNO2S/c1-19-12-3-2-9(16)5-10(12)11(6-17)14(18)8-4-13(15)20-7-8/h2-5,7,11,14,18H,6,17H2,1H3. The molecule has 108 valence electrons. The second-order valence-electron chi connectivity index (χ2n) is 4.36. The van der Waals surface area contributed by atoms with Gasteiger partial charge in [-0.3, -0.25) is 0 Å². The number of aliphatic hydroxyl groups excluding tert-OH is 1. The minimum Gasteiger partial charge on any atom is -0.496 e. The van der Waals surface area contributed by atoms with Gasteiger partial charge in [-0.25, -0.2) is 0 Å². The highest BCUT2D eigenvalue weighted by atomic mass is 79.9. The molecule has 0 amide bonds. The van der Waals surface area contributed by atoms with E-state index in [2.05, 4.69) is 15.9 Å². The first kappa shape index (κ1) is 15.8. The highest BCUT2D eigenvalue weighted by Gasteiger charge is 2.25. The molecule has 1 heterocycles. The molecule has 0 fully saturated rings. The van der Waals surface area contributed by atoms with Crippen LogP contribution in [-0.2, 0) is 0 Å². The van der Waals surface area contributed by atoms with Gasteiger partial charge in [0.25, 0.3) is 0 Å². The monoisotopic (exact) mass is 375 g/mol. The van der Waals surface area contributed by atoms with E-state index in [9.17, 15) is 5.11 Å². The van der Waals surface area contributed by atoms with E-state index in [0.717, 1.165) is 14.9 Å². The Bertz CT molecular complexity index is 590. The third kappa shape index (κ3) is 3.35.